The molecule has 2 nitrogen and oxygen atoms in total. The van der Waals surface area contributed by atoms with Gasteiger partial charge in [-0.1, -0.05) is 98.6 Å². The zero-order valence-electron chi connectivity index (χ0n) is 25.0. The second-order valence-corrected chi connectivity index (χ2v) is 11.9. The van der Waals surface area contributed by atoms with Crippen LogP contribution < -0.4 is 0 Å². The Morgan fingerprint density at radius 1 is 0.722 bits per heavy atom. The SMILES string of the molecule is CC(C)=CCC/C(C)=C\COC(OC/C=C(/C)CCC=C(C)C)C(C)Cc1ccc(C(C)(C)C)cc1. The smallest absolute Gasteiger partial charge is 0.161 e. The van der Waals surface area contributed by atoms with Crippen molar-refractivity contribution in [2.75, 3.05) is 13.2 Å². The fraction of sp³-hybridized carbons (Fsp3) is 0.588. The zero-order chi connectivity index (χ0) is 27.1. The molecule has 1 aromatic carbocycles. The first-order chi connectivity index (χ1) is 16.9. The molecule has 2 heteroatoms. The van der Waals surface area contributed by atoms with Crippen molar-refractivity contribution in [1.82, 2.24) is 0 Å². The minimum absolute atomic E-state index is 0.171. The van der Waals surface area contributed by atoms with E-state index in [2.05, 4.69) is 118 Å². The molecule has 202 valence electrons. The van der Waals surface area contributed by atoms with E-state index in [0.29, 0.717) is 13.2 Å². The quantitative estimate of drug-likeness (QED) is 0.178. The van der Waals surface area contributed by atoms with E-state index < -0.39 is 0 Å². The number of allylic oxidation sites excluding steroid dienone is 6. The standard InChI is InChI=1S/C34H54O2/c1-26(2)13-11-15-28(5)21-23-35-33(36-24-22-29(6)16-12-14-27(3)4)30(7)25-31-17-19-32(20-18-31)34(8,9)10/h13-14,17-22,30,33H,11-12,15-16,23-25H2,1-10H3/b28-21-,29-22-. The van der Waals surface area contributed by atoms with E-state index in [1.807, 2.05) is 0 Å². The maximum absolute atomic E-state index is 6.29. The summed E-state index contributed by atoms with van der Waals surface area (Å²) < 4.78 is 12.6. The van der Waals surface area contributed by atoms with Gasteiger partial charge in [-0.25, -0.2) is 0 Å². The molecule has 0 spiro atoms. The van der Waals surface area contributed by atoms with Crippen LogP contribution in [0, 0.1) is 5.92 Å². The molecule has 1 atom stereocenters. The van der Waals surface area contributed by atoms with Crippen molar-refractivity contribution in [3.8, 4) is 0 Å². The Hall–Kier alpha value is -1.90. The summed E-state index contributed by atoms with van der Waals surface area (Å²) in [6.45, 7) is 23.2. The summed E-state index contributed by atoms with van der Waals surface area (Å²) in [5.41, 5.74) is 8.35. The molecule has 0 bridgehead atoms. The fourth-order valence-corrected chi connectivity index (χ4v) is 3.94. The second-order valence-electron chi connectivity index (χ2n) is 11.9. The molecular formula is C34H54O2. The molecule has 36 heavy (non-hydrogen) atoms. The summed E-state index contributed by atoms with van der Waals surface area (Å²) in [4.78, 5) is 0. The summed E-state index contributed by atoms with van der Waals surface area (Å²) in [6.07, 6.45) is 14.0. The van der Waals surface area contributed by atoms with Crippen molar-refractivity contribution in [3.63, 3.8) is 0 Å². The zero-order valence-corrected chi connectivity index (χ0v) is 25.0. The van der Waals surface area contributed by atoms with Gasteiger partial charge in [0, 0.05) is 5.92 Å². The number of rotatable bonds is 15. The predicted octanol–water partition coefficient (Wildman–Crippen LogP) is 9.91. The molecular weight excluding hydrogens is 440 g/mol. The van der Waals surface area contributed by atoms with Crippen LogP contribution in [0.4, 0.5) is 0 Å². The van der Waals surface area contributed by atoms with Crippen LogP contribution in [0.25, 0.3) is 0 Å². The molecule has 0 aliphatic rings. The van der Waals surface area contributed by atoms with Crippen molar-refractivity contribution in [2.24, 2.45) is 5.92 Å². The molecule has 0 aliphatic heterocycles. The first-order valence-corrected chi connectivity index (χ1v) is 13.8. The van der Waals surface area contributed by atoms with Gasteiger partial charge >= 0.3 is 0 Å². The molecule has 1 rings (SSSR count). The predicted molar refractivity (Wildman–Crippen MR) is 159 cm³/mol. The lowest BCUT2D eigenvalue weighted by Crippen LogP contribution is -2.27. The minimum Gasteiger partial charge on any atom is -0.348 e. The van der Waals surface area contributed by atoms with Crippen molar-refractivity contribution >= 4 is 0 Å². The molecule has 0 N–H and O–H groups in total. The molecule has 1 aromatic rings. The largest absolute Gasteiger partial charge is 0.348 e. The monoisotopic (exact) mass is 494 g/mol. The molecule has 0 fully saturated rings. The number of hydrogen-bond donors (Lipinski definition) is 0. The molecule has 0 radical (unpaired) electrons. The average Bonchev–Trinajstić information content (AvgIpc) is 2.77. The summed E-state index contributed by atoms with van der Waals surface area (Å²) >= 11 is 0. The van der Waals surface area contributed by atoms with Gasteiger partial charge in [0.15, 0.2) is 6.29 Å². The van der Waals surface area contributed by atoms with E-state index in [1.54, 1.807) is 0 Å². The topological polar surface area (TPSA) is 18.5 Å². The van der Waals surface area contributed by atoms with Gasteiger partial charge in [-0.3, -0.25) is 0 Å². The lowest BCUT2D eigenvalue weighted by Gasteiger charge is -2.25. The average molecular weight is 495 g/mol. The maximum atomic E-state index is 6.29. The van der Waals surface area contributed by atoms with Gasteiger partial charge < -0.3 is 9.47 Å². The molecule has 1 unspecified atom stereocenters. The van der Waals surface area contributed by atoms with Crippen LogP contribution >= 0.6 is 0 Å². The summed E-state index contributed by atoms with van der Waals surface area (Å²) in [5.74, 6) is 0.254. The van der Waals surface area contributed by atoms with Gasteiger partial charge in [0.05, 0.1) is 13.2 Å². The Morgan fingerprint density at radius 2 is 1.17 bits per heavy atom. The fourth-order valence-electron chi connectivity index (χ4n) is 3.94. The first-order valence-electron chi connectivity index (χ1n) is 13.8. The highest BCUT2D eigenvalue weighted by Gasteiger charge is 2.19. The minimum atomic E-state index is -0.240. The van der Waals surface area contributed by atoms with E-state index in [1.165, 1.54) is 33.4 Å². The molecule has 0 amide bonds. The van der Waals surface area contributed by atoms with E-state index in [0.717, 1.165) is 32.1 Å². The van der Waals surface area contributed by atoms with Crippen molar-refractivity contribution in [2.45, 2.75) is 113 Å². The van der Waals surface area contributed by atoms with E-state index >= 15 is 0 Å². The van der Waals surface area contributed by atoms with Crippen LogP contribution in [0.5, 0.6) is 0 Å². The second kappa shape index (κ2) is 16.8. The summed E-state index contributed by atoms with van der Waals surface area (Å²) in [5, 5.41) is 0. The normalized spacial score (nSPS) is 14.4. The van der Waals surface area contributed by atoms with Crippen molar-refractivity contribution in [1.29, 1.82) is 0 Å². The van der Waals surface area contributed by atoms with Crippen LogP contribution in [0.2, 0.25) is 0 Å². The van der Waals surface area contributed by atoms with E-state index in [9.17, 15) is 0 Å². The lowest BCUT2D eigenvalue weighted by atomic mass is 9.86. The van der Waals surface area contributed by atoms with Gasteiger partial charge in [0.2, 0.25) is 0 Å². The summed E-state index contributed by atoms with van der Waals surface area (Å²) in [7, 11) is 0. The molecule has 0 aromatic heterocycles. The van der Waals surface area contributed by atoms with Crippen LogP contribution in [-0.2, 0) is 21.3 Å². The Labute approximate surface area is 223 Å². The van der Waals surface area contributed by atoms with E-state index in [-0.39, 0.29) is 17.6 Å². The Morgan fingerprint density at radius 3 is 1.56 bits per heavy atom. The number of ether oxygens (including phenoxy) is 2. The molecule has 0 saturated carbocycles. The van der Waals surface area contributed by atoms with Gasteiger partial charge in [-0.2, -0.15) is 0 Å². The van der Waals surface area contributed by atoms with Crippen molar-refractivity contribution in [3.05, 3.63) is 82.0 Å². The Balaban J connectivity index is 2.79. The Kier molecular flexibility index (Phi) is 15.0. The van der Waals surface area contributed by atoms with Gasteiger partial charge in [-0.15, -0.1) is 0 Å². The third-order valence-corrected chi connectivity index (χ3v) is 6.41. The number of hydrogen-bond acceptors (Lipinski definition) is 2. The van der Waals surface area contributed by atoms with Crippen LogP contribution in [0.15, 0.2) is 70.9 Å². The van der Waals surface area contributed by atoms with Gasteiger partial charge in [-0.05, 0) is 90.2 Å². The molecule has 0 aliphatic carbocycles. The molecule has 0 heterocycles. The highest BCUT2D eigenvalue weighted by atomic mass is 16.7. The van der Waals surface area contributed by atoms with Crippen LogP contribution in [-0.4, -0.2) is 19.5 Å². The van der Waals surface area contributed by atoms with Crippen LogP contribution in [0.1, 0.15) is 106 Å². The number of benzene rings is 1. The van der Waals surface area contributed by atoms with Crippen LogP contribution in [0.3, 0.4) is 0 Å². The van der Waals surface area contributed by atoms with Gasteiger partial charge in [0.1, 0.15) is 0 Å². The maximum Gasteiger partial charge on any atom is 0.161 e. The third kappa shape index (κ3) is 14.6. The van der Waals surface area contributed by atoms with Gasteiger partial charge in [0.25, 0.3) is 0 Å². The third-order valence-electron chi connectivity index (χ3n) is 6.41. The summed E-state index contributed by atoms with van der Waals surface area (Å²) in [6, 6.07) is 9.04. The molecule has 0 saturated heterocycles. The first kappa shape index (κ1) is 32.1. The van der Waals surface area contributed by atoms with E-state index in [4.69, 9.17) is 9.47 Å². The highest BCUT2D eigenvalue weighted by molar-refractivity contribution is 5.27. The Bertz CT molecular complexity index is 825. The lowest BCUT2D eigenvalue weighted by molar-refractivity contribution is -0.155. The van der Waals surface area contributed by atoms with Crippen molar-refractivity contribution < 1.29 is 9.47 Å². The highest BCUT2D eigenvalue weighted by Crippen LogP contribution is 2.24.